The zero-order chi connectivity index (χ0) is 23.4. The Morgan fingerprint density at radius 2 is 1.82 bits per heavy atom. The molecule has 33 heavy (non-hydrogen) atoms. The number of rotatable bonds is 7. The highest BCUT2D eigenvalue weighted by molar-refractivity contribution is 5.64. The Balaban J connectivity index is 1.34. The average molecular weight is 444 g/mol. The minimum atomic E-state index is -0.250. The molecule has 1 aliphatic heterocycles. The number of pyridine rings is 2. The van der Waals surface area contributed by atoms with E-state index in [9.17, 15) is 4.39 Å². The van der Waals surface area contributed by atoms with E-state index in [2.05, 4.69) is 51.2 Å². The standard InChI is InChI=1S/C27H30FN5/c1-19(2)32-11-13-33(14-12-32)24-6-8-27(30-18-24)31-21(4)15-22-5-7-25(26(28)17-22)23-9-10-29-20(3)16-23/h5-10,16-18H,1,4,11-15H2,2-3H3,(H,30,31). The molecule has 4 rings (SSSR count). The summed E-state index contributed by atoms with van der Waals surface area (Å²) in [6.07, 6.45) is 4.10. The maximum atomic E-state index is 14.7. The molecule has 5 nitrogen and oxygen atoms in total. The number of halogens is 1. The van der Waals surface area contributed by atoms with Crippen LogP contribution in [0.1, 0.15) is 18.2 Å². The van der Waals surface area contributed by atoms with Gasteiger partial charge in [-0.25, -0.2) is 9.37 Å². The Bertz CT molecular complexity index is 1150. The number of nitrogens with zero attached hydrogens (tertiary/aromatic N) is 4. The SMILES string of the molecule is C=C(Cc1ccc(-c2ccnc(C)c2)c(F)c1)Nc1ccc(N2CCN(C(=C)C)CC2)cn1. The first-order chi connectivity index (χ1) is 15.9. The van der Waals surface area contributed by atoms with Gasteiger partial charge in [-0.15, -0.1) is 0 Å². The van der Waals surface area contributed by atoms with Crippen LogP contribution in [0.3, 0.4) is 0 Å². The second kappa shape index (κ2) is 9.86. The molecule has 0 radical (unpaired) electrons. The van der Waals surface area contributed by atoms with E-state index in [0.29, 0.717) is 12.0 Å². The summed E-state index contributed by atoms with van der Waals surface area (Å²) in [5.41, 5.74) is 6.10. The molecule has 2 aromatic heterocycles. The Morgan fingerprint density at radius 1 is 1.03 bits per heavy atom. The third-order valence-electron chi connectivity index (χ3n) is 5.90. The molecule has 0 atom stereocenters. The summed E-state index contributed by atoms with van der Waals surface area (Å²) in [4.78, 5) is 13.4. The van der Waals surface area contributed by atoms with Gasteiger partial charge in [0.15, 0.2) is 0 Å². The molecule has 1 aliphatic rings. The van der Waals surface area contributed by atoms with Crippen LogP contribution in [0, 0.1) is 12.7 Å². The van der Waals surface area contributed by atoms with Crippen molar-refractivity contribution in [3.8, 4) is 11.1 Å². The summed E-state index contributed by atoms with van der Waals surface area (Å²) in [5, 5.41) is 3.24. The monoisotopic (exact) mass is 443 g/mol. The van der Waals surface area contributed by atoms with Crippen molar-refractivity contribution in [2.24, 2.45) is 0 Å². The van der Waals surface area contributed by atoms with Crippen LogP contribution >= 0.6 is 0 Å². The molecule has 0 amide bonds. The number of allylic oxidation sites excluding steroid dienone is 2. The zero-order valence-corrected chi connectivity index (χ0v) is 19.3. The van der Waals surface area contributed by atoms with Crippen molar-refractivity contribution in [1.29, 1.82) is 0 Å². The third kappa shape index (κ3) is 5.58. The minimum absolute atomic E-state index is 0.250. The van der Waals surface area contributed by atoms with Crippen LogP contribution in [0.5, 0.6) is 0 Å². The van der Waals surface area contributed by atoms with E-state index < -0.39 is 0 Å². The molecule has 1 fully saturated rings. The number of aromatic nitrogens is 2. The van der Waals surface area contributed by atoms with Gasteiger partial charge in [0.1, 0.15) is 11.6 Å². The van der Waals surface area contributed by atoms with Crippen molar-refractivity contribution in [3.05, 3.63) is 96.5 Å². The lowest BCUT2D eigenvalue weighted by Gasteiger charge is -2.37. The van der Waals surface area contributed by atoms with Crippen molar-refractivity contribution >= 4 is 11.5 Å². The van der Waals surface area contributed by atoms with Gasteiger partial charge >= 0.3 is 0 Å². The van der Waals surface area contributed by atoms with Crippen LogP contribution < -0.4 is 10.2 Å². The van der Waals surface area contributed by atoms with E-state index in [0.717, 1.165) is 65.9 Å². The van der Waals surface area contributed by atoms with Crippen LogP contribution in [0.15, 0.2) is 79.4 Å². The summed E-state index contributed by atoms with van der Waals surface area (Å²) in [6.45, 7) is 15.9. The van der Waals surface area contributed by atoms with Crippen LogP contribution in [-0.4, -0.2) is 41.0 Å². The molecule has 6 heteroatoms. The van der Waals surface area contributed by atoms with E-state index >= 15 is 0 Å². The van der Waals surface area contributed by atoms with Crippen molar-refractivity contribution in [1.82, 2.24) is 14.9 Å². The molecule has 0 aliphatic carbocycles. The van der Waals surface area contributed by atoms with Gasteiger partial charge < -0.3 is 15.1 Å². The Morgan fingerprint density at radius 3 is 2.45 bits per heavy atom. The lowest BCUT2D eigenvalue weighted by Crippen LogP contribution is -2.45. The van der Waals surface area contributed by atoms with Crippen molar-refractivity contribution in [2.45, 2.75) is 20.3 Å². The van der Waals surface area contributed by atoms with Gasteiger partial charge in [-0.3, -0.25) is 4.98 Å². The number of benzene rings is 1. The summed E-state index contributed by atoms with van der Waals surface area (Å²) in [6, 6.07) is 13.1. The van der Waals surface area contributed by atoms with Gasteiger partial charge in [-0.1, -0.05) is 25.3 Å². The van der Waals surface area contributed by atoms with Crippen LogP contribution in [0.25, 0.3) is 11.1 Å². The van der Waals surface area contributed by atoms with E-state index in [-0.39, 0.29) is 5.82 Å². The number of hydrogen-bond acceptors (Lipinski definition) is 5. The first kappa shape index (κ1) is 22.5. The van der Waals surface area contributed by atoms with Crippen LogP contribution in [0.4, 0.5) is 15.9 Å². The first-order valence-corrected chi connectivity index (χ1v) is 11.2. The summed E-state index contributed by atoms with van der Waals surface area (Å²) in [5.74, 6) is 0.480. The fourth-order valence-corrected chi connectivity index (χ4v) is 4.08. The number of aryl methyl sites for hydroxylation is 1. The van der Waals surface area contributed by atoms with Gasteiger partial charge in [0.05, 0.1) is 11.9 Å². The lowest BCUT2D eigenvalue weighted by molar-refractivity contribution is 0.323. The summed E-state index contributed by atoms with van der Waals surface area (Å²) in [7, 11) is 0. The lowest BCUT2D eigenvalue weighted by atomic mass is 10.0. The van der Waals surface area contributed by atoms with E-state index in [1.54, 1.807) is 12.3 Å². The predicted molar refractivity (Wildman–Crippen MR) is 134 cm³/mol. The van der Waals surface area contributed by atoms with Crippen molar-refractivity contribution < 1.29 is 4.39 Å². The number of nitrogens with one attached hydrogen (secondary N) is 1. The average Bonchev–Trinajstić information content (AvgIpc) is 2.79. The van der Waals surface area contributed by atoms with Gasteiger partial charge in [0.2, 0.25) is 0 Å². The number of anilines is 2. The largest absolute Gasteiger partial charge is 0.372 e. The Kier molecular flexibility index (Phi) is 6.73. The normalized spacial score (nSPS) is 13.7. The molecule has 0 saturated carbocycles. The molecule has 170 valence electrons. The maximum Gasteiger partial charge on any atom is 0.131 e. The van der Waals surface area contributed by atoms with Gasteiger partial charge in [-0.05, 0) is 55.3 Å². The zero-order valence-electron chi connectivity index (χ0n) is 19.3. The second-order valence-electron chi connectivity index (χ2n) is 8.52. The van der Waals surface area contributed by atoms with E-state index in [1.165, 1.54) is 0 Å². The molecular formula is C27H30FN5. The summed E-state index contributed by atoms with van der Waals surface area (Å²) >= 11 is 0. The van der Waals surface area contributed by atoms with E-state index in [4.69, 9.17) is 0 Å². The van der Waals surface area contributed by atoms with Gasteiger partial charge in [0, 0.05) is 61.4 Å². The van der Waals surface area contributed by atoms with Crippen molar-refractivity contribution in [2.75, 3.05) is 36.4 Å². The Hall–Kier alpha value is -3.67. The topological polar surface area (TPSA) is 44.3 Å². The summed E-state index contributed by atoms with van der Waals surface area (Å²) < 4.78 is 14.7. The number of piperazine rings is 1. The third-order valence-corrected chi connectivity index (χ3v) is 5.90. The molecule has 1 aromatic carbocycles. The van der Waals surface area contributed by atoms with Gasteiger partial charge in [-0.2, -0.15) is 0 Å². The quantitative estimate of drug-likeness (QED) is 0.529. The molecule has 1 saturated heterocycles. The van der Waals surface area contributed by atoms with Gasteiger partial charge in [0.25, 0.3) is 0 Å². The highest BCUT2D eigenvalue weighted by Crippen LogP contribution is 2.25. The van der Waals surface area contributed by atoms with Crippen molar-refractivity contribution in [3.63, 3.8) is 0 Å². The van der Waals surface area contributed by atoms with Crippen LogP contribution in [0.2, 0.25) is 0 Å². The highest BCUT2D eigenvalue weighted by atomic mass is 19.1. The smallest absolute Gasteiger partial charge is 0.131 e. The molecule has 0 unspecified atom stereocenters. The molecular weight excluding hydrogens is 413 g/mol. The fourth-order valence-electron chi connectivity index (χ4n) is 4.08. The highest BCUT2D eigenvalue weighted by Gasteiger charge is 2.17. The van der Waals surface area contributed by atoms with Crippen LogP contribution in [-0.2, 0) is 6.42 Å². The Labute approximate surface area is 195 Å². The molecule has 0 spiro atoms. The maximum absolute atomic E-state index is 14.7. The molecule has 3 heterocycles. The predicted octanol–water partition coefficient (Wildman–Crippen LogP) is 5.42. The molecule has 3 aromatic rings. The molecule has 0 bridgehead atoms. The first-order valence-electron chi connectivity index (χ1n) is 11.2. The van der Waals surface area contributed by atoms with E-state index in [1.807, 2.05) is 43.5 Å². The fraction of sp³-hybridized carbons (Fsp3) is 0.259. The second-order valence-corrected chi connectivity index (χ2v) is 8.52. The minimum Gasteiger partial charge on any atom is -0.372 e. The molecule has 1 N–H and O–H groups in total. The number of hydrogen-bond donors (Lipinski definition) is 1.